The van der Waals surface area contributed by atoms with Crippen LogP contribution in [-0.2, 0) is 16.1 Å². The average molecular weight is 249 g/mol. The molecule has 0 rings (SSSR count). The Balaban J connectivity index is 4.01. The van der Waals surface area contributed by atoms with E-state index < -0.39 is 16.1 Å². The summed E-state index contributed by atoms with van der Waals surface area (Å²) in [4.78, 5) is 0. The second kappa shape index (κ2) is 4.09. The van der Waals surface area contributed by atoms with Crippen LogP contribution in [0.2, 0.25) is 0 Å². The van der Waals surface area contributed by atoms with Crippen molar-refractivity contribution >= 4 is 18.4 Å². The molecule has 0 amide bonds. The van der Waals surface area contributed by atoms with Crippen molar-refractivity contribution in [2.45, 2.75) is 32.7 Å². The molecule has 0 heterocycles. The zero-order valence-electron chi connectivity index (χ0n) is 5.86. The van der Waals surface area contributed by atoms with Gasteiger partial charge in [0.2, 0.25) is 0 Å². The van der Waals surface area contributed by atoms with E-state index in [1.807, 2.05) is 0 Å². The molecule has 0 aliphatic rings. The molecule has 0 aliphatic carbocycles. The predicted molar refractivity (Wildman–Crippen MR) is 38.5 cm³/mol. The Kier molecular flexibility index (Phi) is 4.60. The maximum absolute atomic E-state index is 5.62. The number of rotatable bonds is 2. The van der Waals surface area contributed by atoms with Gasteiger partial charge in [0.1, 0.15) is 0 Å². The van der Waals surface area contributed by atoms with E-state index >= 15 is 0 Å². The summed E-state index contributed by atoms with van der Waals surface area (Å²) in [5, 5.41) is 0. The number of halogens is 2. The van der Waals surface area contributed by atoms with Crippen molar-refractivity contribution in [2.75, 3.05) is 0 Å². The first kappa shape index (κ1) is 10.1. The van der Waals surface area contributed by atoms with Crippen molar-refractivity contribution in [3.63, 3.8) is 0 Å². The predicted octanol–water partition coefficient (Wildman–Crippen LogP) is 3.28. The second-order valence-electron chi connectivity index (χ2n) is 2.48. The maximum atomic E-state index is 5.62. The molecular weight excluding hydrogens is 238 g/mol. The molecule has 0 aliphatic heterocycles. The summed E-state index contributed by atoms with van der Waals surface area (Å²) >= 11 is -2.12. The summed E-state index contributed by atoms with van der Waals surface area (Å²) in [5.74, 6) is 0. The first-order chi connectivity index (χ1) is 3.98. The van der Waals surface area contributed by atoms with Gasteiger partial charge in [-0.05, 0) is 0 Å². The number of hydrogen-bond acceptors (Lipinski definition) is 1. The molecule has 0 saturated carbocycles. The Morgan fingerprint density at radius 2 is 1.89 bits per heavy atom. The molecule has 4 heteroatoms. The molecule has 0 radical (unpaired) electrons. The fraction of sp³-hybridized carbons (Fsp3) is 1.00. The van der Waals surface area contributed by atoms with Crippen LogP contribution >= 0.6 is 18.4 Å². The molecule has 0 unspecified atom stereocenters. The van der Waals surface area contributed by atoms with Gasteiger partial charge in [0.25, 0.3) is 0 Å². The van der Waals surface area contributed by atoms with Crippen LogP contribution in [0.15, 0.2) is 3.34 Å². The molecule has 0 aromatic rings. The van der Waals surface area contributed by atoms with E-state index in [0.717, 1.165) is 6.42 Å². The molecule has 0 atom stereocenters. The van der Waals surface area contributed by atoms with Crippen LogP contribution in [0.3, 0.4) is 0 Å². The van der Waals surface area contributed by atoms with E-state index in [0.29, 0.717) is 0 Å². The van der Waals surface area contributed by atoms with Crippen LogP contribution in [0.1, 0.15) is 27.2 Å². The summed E-state index contributed by atoms with van der Waals surface area (Å²) in [6, 6.07) is 0. The minimum atomic E-state index is -2.12. The molecule has 9 heavy (non-hydrogen) atoms. The molecule has 0 fully saturated rings. The Morgan fingerprint density at radius 3 is 2.00 bits per heavy atom. The van der Waals surface area contributed by atoms with Gasteiger partial charge in [-0.25, -0.2) is 0 Å². The topological polar surface area (TPSA) is 12.4 Å². The zero-order valence-corrected chi connectivity index (χ0v) is 9.57. The Labute approximate surface area is 70.4 Å². The Hall–Kier alpha value is 1.12. The number of nitrogens with zero attached hydrogens (tertiary/aromatic N) is 1. The standard InChI is InChI=1S/C5H11N.2ClH.Nb/c1-4-5(2,3)6;;;/h4H2,1-3H3;2*1H;/q;;;+2/p-2. The Bertz CT molecular complexity index is 118. The molecule has 55 valence electrons. The van der Waals surface area contributed by atoms with Gasteiger partial charge in [0, 0.05) is 0 Å². The fourth-order valence-electron chi connectivity index (χ4n) is 0.275. The molecule has 0 bridgehead atoms. The minimum absolute atomic E-state index is 0.00625. The van der Waals surface area contributed by atoms with Gasteiger partial charge in [0.05, 0.1) is 0 Å². The quantitative estimate of drug-likeness (QED) is 0.666. The van der Waals surface area contributed by atoms with Crippen LogP contribution in [0.25, 0.3) is 0 Å². The van der Waals surface area contributed by atoms with Crippen molar-refractivity contribution in [1.29, 1.82) is 0 Å². The van der Waals surface area contributed by atoms with Crippen molar-refractivity contribution in [2.24, 2.45) is 3.34 Å². The van der Waals surface area contributed by atoms with Gasteiger partial charge in [-0.15, -0.1) is 0 Å². The third kappa shape index (κ3) is 5.56. The third-order valence-electron chi connectivity index (χ3n) is 1.21. The zero-order chi connectivity index (χ0) is 7.49. The average Bonchev–Trinajstić information content (AvgIpc) is 1.63. The molecule has 0 aromatic carbocycles. The van der Waals surface area contributed by atoms with Gasteiger partial charge < -0.3 is 0 Å². The molecular formula is C5H11Cl2NNb. The third-order valence-corrected chi connectivity index (χ3v) is 3.81. The molecule has 0 aromatic heterocycles. The van der Waals surface area contributed by atoms with Crippen LogP contribution in [0.5, 0.6) is 0 Å². The van der Waals surface area contributed by atoms with Crippen LogP contribution in [-0.4, -0.2) is 5.54 Å². The first-order valence-electron chi connectivity index (χ1n) is 2.82. The van der Waals surface area contributed by atoms with Gasteiger partial charge >= 0.3 is 70.5 Å². The number of hydrogen-bond donors (Lipinski definition) is 0. The SMILES string of the molecule is CCC(C)(C)[N]=[Nb]([Cl])[Cl]. The monoisotopic (exact) mass is 248 g/mol. The molecule has 0 N–H and O–H groups in total. The van der Waals surface area contributed by atoms with Crippen molar-refractivity contribution < 1.29 is 16.1 Å². The summed E-state index contributed by atoms with van der Waals surface area (Å²) in [6.45, 7) is 6.19. The van der Waals surface area contributed by atoms with E-state index in [4.69, 9.17) is 18.4 Å². The van der Waals surface area contributed by atoms with E-state index in [9.17, 15) is 0 Å². The molecule has 0 spiro atoms. The summed E-state index contributed by atoms with van der Waals surface area (Å²) in [6.07, 6.45) is 1.01. The van der Waals surface area contributed by atoms with Crippen LogP contribution in [0.4, 0.5) is 0 Å². The normalized spacial score (nSPS) is 11.2. The van der Waals surface area contributed by atoms with Gasteiger partial charge in [-0.2, -0.15) is 0 Å². The summed E-state index contributed by atoms with van der Waals surface area (Å²) in [5.41, 5.74) is 0.00625. The van der Waals surface area contributed by atoms with Crippen LogP contribution in [0, 0.1) is 0 Å². The fourth-order valence-corrected chi connectivity index (χ4v) is 4.05. The molecule has 1 nitrogen and oxygen atoms in total. The van der Waals surface area contributed by atoms with Gasteiger partial charge in [0.15, 0.2) is 0 Å². The van der Waals surface area contributed by atoms with E-state index in [1.54, 1.807) is 0 Å². The van der Waals surface area contributed by atoms with Gasteiger partial charge in [-0.3, -0.25) is 0 Å². The van der Waals surface area contributed by atoms with E-state index in [2.05, 4.69) is 24.1 Å². The van der Waals surface area contributed by atoms with E-state index in [-0.39, 0.29) is 5.54 Å². The second-order valence-corrected chi connectivity index (χ2v) is 8.84. The van der Waals surface area contributed by atoms with Crippen molar-refractivity contribution in [1.82, 2.24) is 0 Å². The van der Waals surface area contributed by atoms with E-state index in [1.165, 1.54) is 0 Å². The first-order valence-corrected chi connectivity index (χ1v) is 9.47. The van der Waals surface area contributed by atoms with Crippen molar-refractivity contribution in [3.05, 3.63) is 0 Å². The molecule has 0 saturated heterocycles. The summed E-state index contributed by atoms with van der Waals surface area (Å²) in [7, 11) is 11.2. The van der Waals surface area contributed by atoms with Crippen LogP contribution < -0.4 is 0 Å². The van der Waals surface area contributed by atoms with Crippen molar-refractivity contribution in [3.8, 4) is 0 Å². The summed E-state index contributed by atoms with van der Waals surface area (Å²) < 4.78 is 4.24. The van der Waals surface area contributed by atoms with Gasteiger partial charge in [-0.1, -0.05) is 0 Å². The Morgan fingerprint density at radius 1 is 1.44 bits per heavy atom.